The number of nitrogens with zero attached hydrogens (tertiary/aromatic N) is 1. The Morgan fingerprint density at radius 3 is 2.64 bits per heavy atom. The van der Waals surface area contributed by atoms with Crippen LogP contribution in [-0.2, 0) is 14.3 Å². The molecule has 0 amide bonds. The molecular formula is C20H21ClN2O5. The van der Waals surface area contributed by atoms with Gasteiger partial charge in [0.2, 0.25) is 0 Å². The van der Waals surface area contributed by atoms with Crippen molar-refractivity contribution in [3.05, 3.63) is 61.4 Å². The van der Waals surface area contributed by atoms with Crippen molar-refractivity contribution in [1.82, 2.24) is 5.32 Å². The first-order valence-corrected chi connectivity index (χ1v) is 9.19. The first kappa shape index (κ1) is 20.1. The van der Waals surface area contributed by atoms with Crippen molar-refractivity contribution in [2.45, 2.75) is 39.5 Å². The molecule has 1 aliphatic carbocycles. The van der Waals surface area contributed by atoms with Crippen LogP contribution in [0.5, 0.6) is 0 Å². The second-order valence-corrected chi connectivity index (χ2v) is 8.32. The first-order chi connectivity index (χ1) is 13.1. The average Bonchev–Trinajstić information content (AvgIpc) is 2.58. The molecule has 7 nitrogen and oxygen atoms in total. The van der Waals surface area contributed by atoms with Crippen molar-refractivity contribution in [2.24, 2.45) is 5.41 Å². The molecule has 1 unspecified atom stereocenters. The minimum atomic E-state index is -0.911. The molecule has 2 aliphatic rings. The molecular weight excluding hydrogens is 384 g/mol. The Bertz CT molecular complexity index is 961. The largest absolute Gasteiger partial charge is 0.466 e. The number of benzene rings is 1. The lowest BCUT2D eigenvalue weighted by Crippen LogP contribution is -2.38. The van der Waals surface area contributed by atoms with Gasteiger partial charge in [-0.25, -0.2) is 4.79 Å². The SMILES string of the molecule is COC(=O)C1=C(C)NC2=C(C(=O)CC(C)(C)C2)C1c1cc(Cl)ccc1[N+](=O)[O-]. The molecule has 1 aromatic carbocycles. The zero-order valence-electron chi connectivity index (χ0n) is 16.1. The summed E-state index contributed by atoms with van der Waals surface area (Å²) in [5, 5.41) is 15.1. The van der Waals surface area contributed by atoms with Gasteiger partial charge >= 0.3 is 5.97 Å². The van der Waals surface area contributed by atoms with E-state index in [-0.39, 0.29) is 39.5 Å². The lowest BCUT2D eigenvalue weighted by Gasteiger charge is -2.39. The molecule has 0 spiro atoms. The maximum Gasteiger partial charge on any atom is 0.336 e. The standard InChI is InChI=1S/C20H21ClN2O5/c1-10-16(19(25)28-4)17(12-7-11(21)5-6-14(12)23(26)27)18-13(22-10)8-20(2,3)9-15(18)24/h5-7,17,22H,8-9H2,1-4H3. The molecule has 28 heavy (non-hydrogen) atoms. The Morgan fingerprint density at radius 1 is 1.36 bits per heavy atom. The Labute approximate surface area is 167 Å². The number of nitro benzene ring substituents is 1. The van der Waals surface area contributed by atoms with E-state index >= 15 is 0 Å². The third-order valence-corrected chi connectivity index (χ3v) is 5.38. The van der Waals surface area contributed by atoms with Crippen LogP contribution in [0.3, 0.4) is 0 Å². The van der Waals surface area contributed by atoms with Crippen LogP contribution in [0.25, 0.3) is 0 Å². The number of nitro groups is 1. The summed E-state index contributed by atoms with van der Waals surface area (Å²) < 4.78 is 4.92. The fourth-order valence-electron chi connectivity index (χ4n) is 4.05. The van der Waals surface area contributed by atoms with Crippen molar-refractivity contribution in [2.75, 3.05) is 7.11 Å². The highest BCUT2D eigenvalue weighted by molar-refractivity contribution is 6.30. The molecule has 0 fully saturated rings. The van der Waals surface area contributed by atoms with E-state index in [9.17, 15) is 19.7 Å². The van der Waals surface area contributed by atoms with E-state index in [0.717, 1.165) is 0 Å². The molecule has 3 rings (SSSR count). The number of allylic oxidation sites excluding steroid dienone is 3. The van der Waals surface area contributed by atoms with E-state index in [2.05, 4.69) is 5.32 Å². The molecule has 1 heterocycles. The molecule has 8 heteroatoms. The summed E-state index contributed by atoms with van der Waals surface area (Å²) >= 11 is 6.12. The van der Waals surface area contributed by atoms with E-state index in [0.29, 0.717) is 23.4 Å². The predicted octanol–water partition coefficient (Wildman–Crippen LogP) is 4.03. The predicted molar refractivity (Wildman–Crippen MR) is 104 cm³/mol. The van der Waals surface area contributed by atoms with E-state index in [4.69, 9.17) is 16.3 Å². The molecule has 1 atom stereocenters. The van der Waals surface area contributed by atoms with Crippen molar-refractivity contribution in [1.29, 1.82) is 0 Å². The van der Waals surface area contributed by atoms with E-state index in [1.165, 1.54) is 25.3 Å². The number of dihydropyridines is 1. The van der Waals surface area contributed by atoms with Gasteiger partial charge in [0.25, 0.3) is 5.69 Å². The zero-order valence-corrected chi connectivity index (χ0v) is 16.8. The second kappa shape index (κ2) is 7.05. The number of ether oxygens (including phenoxy) is 1. The molecule has 1 aliphatic heterocycles. The molecule has 0 saturated heterocycles. The molecule has 1 aromatic rings. The lowest BCUT2D eigenvalue weighted by atomic mass is 9.68. The van der Waals surface area contributed by atoms with Crippen molar-refractivity contribution < 1.29 is 19.2 Å². The van der Waals surface area contributed by atoms with Crippen LogP contribution in [0.4, 0.5) is 5.69 Å². The quantitative estimate of drug-likeness (QED) is 0.464. The van der Waals surface area contributed by atoms with Gasteiger partial charge in [-0.1, -0.05) is 25.4 Å². The Hall–Kier alpha value is -2.67. The van der Waals surface area contributed by atoms with Crippen LogP contribution in [0.1, 0.15) is 45.1 Å². The summed E-state index contributed by atoms with van der Waals surface area (Å²) in [5.74, 6) is -1.70. The van der Waals surface area contributed by atoms with E-state index in [1.807, 2.05) is 13.8 Å². The number of nitrogens with one attached hydrogen (secondary N) is 1. The van der Waals surface area contributed by atoms with Crippen molar-refractivity contribution in [3.63, 3.8) is 0 Å². The number of halogens is 1. The summed E-state index contributed by atoms with van der Waals surface area (Å²) in [7, 11) is 1.24. The number of carbonyl (C=O) groups excluding carboxylic acids is 2. The number of methoxy groups -OCH3 is 1. The lowest BCUT2D eigenvalue weighted by molar-refractivity contribution is -0.385. The number of hydrogen-bond donors (Lipinski definition) is 1. The van der Waals surface area contributed by atoms with Gasteiger partial charge in [0, 0.05) is 40.0 Å². The number of carbonyl (C=O) groups is 2. The average molecular weight is 405 g/mol. The van der Waals surface area contributed by atoms with Gasteiger partial charge in [-0.05, 0) is 30.9 Å². The van der Waals surface area contributed by atoms with Gasteiger partial charge in [-0.15, -0.1) is 0 Å². The topological polar surface area (TPSA) is 98.5 Å². The van der Waals surface area contributed by atoms with Crippen LogP contribution in [0.15, 0.2) is 40.7 Å². The number of hydrogen-bond acceptors (Lipinski definition) is 6. The monoisotopic (exact) mass is 404 g/mol. The summed E-state index contributed by atoms with van der Waals surface area (Å²) in [6, 6.07) is 4.16. The van der Waals surface area contributed by atoms with Crippen LogP contribution in [0.2, 0.25) is 5.02 Å². The number of ketones is 1. The molecule has 1 N–H and O–H groups in total. The van der Waals surface area contributed by atoms with Crippen LogP contribution < -0.4 is 5.32 Å². The van der Waals surface area contributed by atoms with Gasteiger partial charge < -0.3 is 10.1 Å². The van der Waals surface area contributed by atoms with Crippen LogP contribution >= 0.6 is 11.6 Å². The van der Waals surface area contributed by atoms with E-state index < -0.39 is 16.8 Å². The number of Topliss-reactive ketones (excluding diaryl/α,β-unsaturated/α-hetero) is 1. The van der Waals surface area contributed by atoms with Gasteiger partial charge in [0.15, 0.2) is 5.78 Å². The molecule has 0 radical (unpaired) electrons. The normalized spacial score (nSPS) is 21.2. The number of rotatable bonds is 3. The van der Waals surface area contributed by atoms with Crippen molar-refractivity contribution >= 4 is 29.0 Å². The molecule has 148 valence electrons. The van der Waals surface area contributed by atoms with Gasteiger partial charge in [0.1, 0.15) is 0 Å². The van der Waals surface area contributed by atoms with Crippen LogP contribution in [-0.4, -0.2) is 23.8 Å². The minimum Gasteiger partial charge on any atom is -0.466 e. The highest BCUT2D eigenvalue weighted by Crippen LogP contribution is 2.48. The maximum absolute atomic E-state index is 13.1. The first-order valence-electron chi connectivity index (χ1n) is 8.82. The van der Waals surface area contributed by atoms with Crippen LogP contribution in [0, 0.1) is 15.5 Å². The fourth-order valence-corrected chi connectivity index (χ4v) is 4.23. The molecule has 0 bridgehead atoms. The Morgan fingerprint density at radius 2 is 2.04 bits per heavy atom. The second-order valence-electron chi connectivity index (χ2n) is 7.88. The van der Waals surface area contributed by atoms with Gasteiger partial charge in [-0.2, -0.15) is 0 Å². The van der Waals surface area contributed by atoms with Crippen molar-refractivity contribution in [3.8, 4) is 0 Å². The minimum absolute atomic E-state index is 0.146. The van der Waals surface area contributed by atoms with E-state index in [1.54, 1.807) is 6.92 Å². The Balaban J connectivity index is 2.32. The van der Waals surface area contributed by atoms with Gasteiger partial charge in [0.05, 0.1) is 23.5 Å². The summed E-state index contributed by atoms with van der Waals surface area (Å²) in [5.41, 5.74) is 1.50. The molecule has 0 aromatic heterocycles. The zero-order chi connectivity index (χ0) is 20.8. The summed E-state index contributed by atoms with van der Waals surface area (Å²) in [6.45, 7) is 5.68. The summed E-state index contributed by atoms with van der Waals surface area (Å²) in [4.78, 5) is 36.8. The maximum atomic E-state index is 13.1. The molecule has 0 saturated carbocycles. The third kappa shape index (κ3) is 3.42. The Kier molecular flexibility index (Phi) is 5.06. The fraction of sp³-hybridized carbons (Fsp3) is 0.400. The van der Waals surface area contributed by atoms with Gasteiger partial charge in [-0.3, -0.25) is 14.9 Å². The highest BCUT2D eigenvalue weighted by atomic mass is 35.5. The highest BCUT2D eigenvalue weighted by Gasteiger charge is 2.44. The number of esters is 1. The summed E-state index contributed by atoms with van der Waals surface area (Å²) in [6.07, 6.45) is 0.872. The smallest absolute Gasteiger partial charge is 0.336 e. The third-order valence-electron chi connectivity index (χ3n) is 5.14.